The normalized spacial score (nSPS) is 10.8. The minimum absolute atomic E-state index is 0.125. The lowest BCUT2D eigenvalue weighted by Crippen LogP contribution is -2.35. The highest BCUT2D eigenvalue weighted by molar-refractivity contribution is 5.97. The molecular weight excluding hydrogens is 426 g/mol. The van der Waals surface area contributed by atoms with E-state index < -0.39 is 24.4 Å². The van der Waals surface area contributed by atoms with Gasteiger partial charge in [0, 0.05) is 11.4 Å². The zero-order chi connectivity index (χ0) is 24.1. The molecular formula is C23H27N5O5. The minimum Gasteiger partial charge on any atom is -0.495 e. The average molecular weight is 453 g/mol. The molecule has 2 aromatic heterocycles. The zero-order valence-electron chi connectivity index (χ0n) is 19.3. The largest absolute Gasteiger partial charge is 0.495 e. The number of esters is 1. The van der Waals surface area contributed by atoms with Crippen molar-refractivity contribution in [2.45, 2.75) is 33.7 Å². The Balaban J connectivity index is 1.53. The molecule has 0 saturated carbocycles. The molecule has 2 N–H and O–H groups in total. The van der Waals surface area contributed by atoms with Crippen LogP contribution >= 0.6 is 0 Å². The molecule has 0 aliphatic heterocycles. The smallest absolute Gasteiger partial charge is 0.340 e. The van der Waals surface area contributed by atoms with Gasteiger partial charge in [-0.15, -0.1) is 0 Å². The number of anilines is 1. The van der Waals surface area contributed by atoms with Gasteiger partial charge in [0.2, 0.25) is 5.91 Å². The Morgan fingerprint density at radius 3 is 2.58 bits per heavy atom. The minimum atomic E-state index is -0.678. The van der Waals surface area contributed by atoms with Crippen molar-refractivity contribution in [1.29, 1.82) is 0 Å². The molecule has 0 radical (unpaired) electrons. The topological polar surface area (TPSA) is 124 Å². The van der Waals surface area contributed by atoms with Gasteiger partial charge >= 0.3 is 5.97 Å². The Hall–Kier alpha value is -3.95. The van der Waals surface area contributed by atoms with E-state index in [1.807, 2.05) is 26.8 Å². The van der Waals surface area contributed by atoms with Crippen molar-refractivity contribution < 1.29 is 23.9 Å². The van der Waals surface area contributed by atoms with Crippen LogP contribution in [0.1, 0.15) is 41.5 Å². The Labute approximate surface area is 191 Å². The highest BCUT2D eigenvalue weighted by atomic mass is 16.5. The van der Waals surface area contributed by atoms with Crippen molar-refractivity contribution in [3.8, 4) is 5.75 Å². The summed E-state index contributed by atoms with van der Waals surface area (Å²) in [5.74, 6) is -1.21. The first-order chi connectivity index (χ1) is 15.7. The monoisotopic (exact) mass is 453 g/mol. The predicted octanol–water partition coefficient (Wildman–Crippen LogP) is 2.55. The summed E-state index contributed by atoms with van der Waals surface area (Å²) in [5.41, 5.74) is 2.85. The fourth-order valence-electron chi connectivity index (χ4n) is 3.20. The SMILES string of the molecule is COc1ccc(C)cc1NC(=O)CNC(=O)COC(=O)c1cc2cnn(C(C)C)c2nc1C. The van der Waals surface area contributed by atoms with Gasteiger partial charge in [-0.2, -0.15) is 5.10 Å². The Bertz CT molecular complexity index is 1200. The number of aromatic nitrogens is 3. The second-order valence-electron chi connectivity index (χ2n) is 7.82. The number of benzene rings is 1. The third-order valence-electron chi connectivity index (χ3n) is 4.88. The van der Waals surface area contributed by atoms with Crippen molar-refractivity contribution in [2.75, 3.05) is 25.6 Å². The summed E-state index contributed by atoms with van der Waals surface area (Å²) < 4.78 is 12.1. The van der Waals surface area contributed by atoms with Crippen LogP contribution in [0.25, 0.3) is 11.0 Å². The Kier molecular flexibility index (Phi) is 7.27. The van der Waals surface area contributed by atoms with E-state index in [1.54, 1.807) is 36.0 Å². The van der Waals surface area contributed by atoms with Crippen molar-refractivity contribution >= 4 is 34.5 Å². The molecule has 2 heterocycles. The van der Waals surface area contributed by atoms with E-state index in [0.29, 0.717) is 28.2 Å². The molecule has 0 fully saturated rings. The zero-order valence-corrected chi connectivity index (χ0v) is 19.3. The molecule has 0 spiro atoms. The quantitative estimate of drug-likeness (QED) is 0.502. The predicted molar refractivity (Wildman–Crippen MR) is 122 cm³/mol. The average Bonchev–Trinajstić information content (AvgIpc) is 3.18. The fraction of sp³-hybridized carbons (Fsp3) is 0.348. The molecule has 10 nitrogen and oxygen atoms in total. The number of carbonyl (C=O) groups is 3. The molecule has 0 aliphatic carbocycles. The van der Waals surface area contributed by atoms with Crippen LogP contribution in [-0.4, -0.2) is 52.8 Å². The molecule has 2 amide bonds. The third-order valence-corrected chi connectivity index (χ3v) is 4.88. The second kappa shape index (κ2) is 10.1. The fourth-order valence-corrected chi connectivity index (χ4v) is 3.20. The molecule has 0 bridgehead atoms. The maximum absolute atomic E-state index is 12.5. The van der Waals surface area contributed by atoms with Crippen molar-refractivity contribution in [2.24, 2.45) is 0 Å². The molecule has 174 valence electrons. The summed E-state index contributed by atoms with van der Waals surface area (Å²) in [4.78, 5) is 41.2. The lowest BCUT2D eigenvalue weighted by atomic mass is 10.2. The van der Waals surface area contributed by atoms with E-state index in [9.17, 15) is 14.4 Å². The number of ether oxygens (including phenoxy) is 2. The van der Waals surface area contributed by atoms with E-state index in [-0.39, 0.29) is 18.2 Å². The maximum Gasteiger partial charge on any atom is 0.340 e. The van der Waals surface area contributed by atoms with Crippen LogP contribution in [0, 0.1) is 13.8 Å². The number of amides is 2. The summed E-state index contributed by atoms with van der Waals surface area (Å²) in [5, 5.41) is 10.1. The third kappa shape index (κ3) is 5.65. The lowest BCUT2D eigenvalue weighted by Gasteiger charge is -2.12. The van der Waals surface area contributed by atoms with E-state index in [1.165, 1.54) is 7.11 Å². The summed E-state index contributed by atoms with van der Waals surface area (Å²) in [6.45, 7) is 6.75. The number of hydrogen-bond acceptors (Lipinski definition) is 7. The van der Waals surface area contributed by atoms with Crippen LogP contribution in [0.15, 0.2) is 30.5 Å². The lowest BCUT2D eigenvalue weighted by molar-refractivity contribution is -0.126. The van der Waals surface area contributed by atoms with Gasteiger partial charge in [0.15, 0.2) is 12.3 Å². The van der Waals surface area contributed by atoms with Crippen molar-refractivity contribution in [1.82, 2.24) is 20.1 Å². The number of fused-ring (bicyclic) bond motifs is 1. The van der Waals surface area contributed by atoms with Crippen LogP contribution in [-0.2, 0) is 14.3 Å². The molecule has 0 saturated heterocycles. The van der Waals surface area contributed by atoms with Gasteiger partial charge in [-0.3, -0.25) is 9.59 Å². The number of nitrogens with zero attached hydrogens (tertiary/aromatic N) is 3. The number of aryl methyl sites for hydroxylation is 2. The van der Waals surface area contributed by atoms with Gasteiger partial charge in [-0.25, -0.2) is 14.5 Å². The maximum atomic E-state index is 12.5. The number of methoxy groups -OCH3 is 1. The van der Waals surface area contributed by atoms with E-state index in [0.717, 1.165) is 5.56 Å². The first-order valence-electron chi connectivity index (χ1n) is 10.4. The summed E-state index contributed by atoms with van der Waals surface area (Å²) in [6, 6.07) is 7.13. The summed E-state index contributed by atoms with van der Waals surface area (Å²) >= 11 is 0. The molecule has 10 heteroatoms. The number of carbonyl (C=O) groups excluding carboxylic acids is 3. The van der Waals surface area contributed by atoms with E-state index in [2.05, 4.69) is 20.7 Å². The van der Waals surface area contributed by atoms with Crippen molar-refractivity contribution in [3.05, 3.63) is 47.3 Å². The van der Waals surface area contributed by atoms with E-state index >= 15 is 0 Å². The van der Waals surface area contributed by atoms with Gasteiger partial charge in [0.05, 0.1) is 36.8 Å². The number of nitrogens with one attached hydrogen (secondary N) is 2. The molecule has 1 aromatic carbocycles. The van der Waals surface area contributed by atoms with Gasteiger partial charge in [-0.05, 0) is 51.5 Å². The molecule has 3 rings (SSSR count). The van der Waals surface area contributed by atoms with Crippen LogP contribution < -0.4 is 15.4 Å². The van der Waals surface area contributed by atoms with Crippen molar-refractivity contribution in [3.63, 3.8) is 0 Å². The first kappa shape index (κ1) is 23.7. The van der Waals surface area contributed by atoms with Gasteiger partial charge in [0.25, 0.3) is 5.91 Å². The molecule has 33 heavy (non-hydrogen) atoms. The second-order valence-corrected chi connectivity index (χ2v) is 7.82. The van der Waals surface area contributed by atoms with Gasteiger partial charge in [-0.1, -0.05) is 6.07 Å². The Morgan fingerprint density at radius 2 is 1.88 bits per heavy atom. The molecule has 0 unspecified atom stereocenters. The van der Waals surface area contributed by atoms with Crippen LogP contribution in [0.3, 0.4) is 0 Å². The van der Waals surface area contributed by atoms with Crippen LogP contribution in [0.5, 0.6) is 5.75 Å². The highest BCUT2D eigenvalue weighted by Gasteiger charge is 2.18. The standard InChI is InChI=1S/C23H27N5O5/c1-13(2)28-22-16(10-25-28)9-17(15(4)26-22)23(31)33-12-21(30)24-11-20(29)27-18-8-14(3)6-7-19(18)32-5/h6-10,13H,11-12H2,1-5H3,(H,24,30)(H,27,29). The summed E-state index contributed by atoms with van der Waals surface area (Å²) in [7, 11) is 1.50. The highest BCUT2D eigenvalue weighted by Crippen LogP contribution is 2.25. The summed E-state index contributed by atoms with van der Waals surface area (Å²) in [6.07, 6.45) is 1.63. The van der Waals surface area contributed by atoms with Gasteiger partial charge in [0.1, 0.15) is 5.75 Å². The van der Waals surface area contributed by atoms with Crippen LogP contribution in [0.4, 0.5) is 5.69 Å². The first-order valence-corrected chi connectivity index (χ1v) is 10.4. The number of hydrogen-bond donors (Lipinski definition) is 2. The van der Waals surface area contributed by atoms with Crippen LogP contribution in [0.2, 0.25) is 0 Å². The Morgan fingerprint density at radius 1 is 1.12 bits per heavy atom. The number of pyridine rings is 1. The molecule has 0 aliphatic rings. The molecule has 0 atom stereocenters. The molecule has 3 aromatic rings. The van der Waals surface area contributed by atoms with Gasteiger partial charge < -0.3 is 20.1 Å². The number of rotatable bonds is 8. The van der Waals surface area contributed by atoms with E-state index in [4.69, 9.17) is 9.47 Å².